The van der Waals surface area contributed by atoms with Crippen LogP contribution < -0.4 is 5.32 Å². The second kappa shape index (κ2) is 4.35. The second-order valence-electron chi connectivity index (χ2n) is 6.12. The van der Waals surface area contributed by atoms with Crippen LogP contribution in [0.3, 0.4) is 0 Å². The van der Waals surface area contributed by atoms with Crippen LogP contribution in [0.15, 0.2) is 0 Å². The summed E-state index contributed by atoms with van der Waals surface area (Å²) in [5.41, 5.74) is -0.591. The van der Waals surface area contributed by atoms with Crippen molar-refractivity contribution in [2.24, 2.45) is 0 Å². The third-order valence-corrected chi connectivity index (χ3v) is 3.32. The fourth-order valence-corrected chi connectivity index (χ4v) is 2.58. The molecule has 0 aromatic heterocycles. The number of carbonyl (C=O) groups is 2. The Morgan fingerprint density at radius 3 is 2.68 bits per heavy atom. The number of carboxylic acid groups (broad SMARTS) is 1. The highest BCUT2D eigenvalue weighted by Gasteiger charge is 2.77. The molecular weight excluding hydrogens is 252 g/mol. The molecule has 2 saturated heterocycles. The van der Waals surface area contributed by atoms with Gasteiger partial charge in [-0.2, -0.15) is 0 Å². The van der Waals surface area contributed by atoms with Crippen LogP contribution in [-0.2, 0) is 14.4 Å². The number of carbonyl (C=O) groups excluding carboxylic acids is 1. The number of piperidine rings is 1. The monoisotopic (exact) mass is 273 g/mol. The van der Waals surface area contributed by atoms with Gasteiger partial charge in [0.25, 0.3) is 0 Å². The summed E-state index contributed by atoms with van der Waals surface area (Å²) in [6.07, 6.45) is 1.83. The molecule has 2 unspecified atom stereocenters. The third kappa shape index (κ3) is 2.82. The zero-order chi connectivity index (χ0) is 14.3. The molecule has 108 valence electrons. The molecular formula is C12H21N2O5+. The van der Waals surface area contributed by atoms with E-state index in [0.29, 0.717) is 13.0 Å². The predicted octanol–water partition coefficient (Wildman–Crippen LogP) is 1.20. The molecule has 0 radical (unpaired) electrons. The molecule has 0 aromatic carbocycles. The molecule has 1 amide bonds. The second-order valence-corrected chi connectivity index (χ2v) is 6.12. The molecule has 0 saturated carbocycles. The summed E-state index contributed by atoms with van der Waals surface area (Å²) in [5.74, 6) is -1.84. The Balaban J connectivity index is 2.02. The van der Waals surface area contributed by atoms with Crippen LogP contribution in [0.2, 0.25) is 0 Å². The Labute approximate surface area is 112 Å². The summed E-state index contributed by atoms with van der Waals surface area (Å²) in [6.45, 7) is 5.78. The fourth-order valence-electron chi connectivity index (χ4n) is 2.58. The highest BCUT2D eigenvalue weighted by Crippen LogP contribution is 2.50. The summed E-state index contributed by atoms with van der Waals surface area (Å²) in [7, 11) is 0. The number of quaternary nitrogens is 1. The van der Waals surface area contributed by atoms with Gasteiger partial charge in [-0.15, -0.1) is 9.48 Å². The normalized spacial score (nSPS) is 33.2. The van der Waals surface area contributed by atoms with Crippen molar-refractivity contribution in [3.8, 4) is 0 Å². The smallest absolute Gasteiger partial charge is 0.414 e. The first-order valence-electron chi connectivity index (χ1n) is 6.49. The van der Waals surface area contributed by atoms with Gasteiger partial charge in [-0.05, 0) is 27.2 Å². The average molecular weight is 273 g/mol. The van der Waals surface area contributed by atoms with Crippen LogP contribution in [0, 0.1) is 0 Å². The number of ether oxygens (including phenoxy) is 1. The SMILES string of the molecule is CC(C)(C)OC(=O)NC12CCCC[N+]1(CC(=O)O)O2. The molecule has 2 aliphatic rings. The molecule has 7 nitrogen and oxygen atoms in total. The molecule has 2 N–H and O–H groups in total. The molecule has 2 aliphatic heterocycles. The molecule has 2 heterocycles. The van der Waals surface area contributed by atoms with Crippen molar-refractivity contribution in [1.29, 1.82) is 0 Å². The first-order chi connectivity index (χ1) is 8.68. The maximum atomic E-state index is 11.8. The lowest BCUT2D eigenvalue weighted by atomic mass is 10.1. The number of hydroxylamine groups is 3. The average Bonchev–Trinajstić information content (AvgIpc) is 2.80. The summed E-state index contributed by atoms with van der Waals surface area (Å²) < 4.78 is 5.17. The van der Waals surface area contributed by atoms with Crippen LogP contribution in [-0.4, -0.2) is 46.4 Å². The Morgan fingerprint density at radius 2 is 2.11 bits per heavy atom. The van der Waals surface area contributed by atoms with Crippen molar-refractivity contribution in [1.82, 2.24) is 5.32 Å². The summed E-state index contributed by atoms with van der Waals surface area (Å²) in [6, 6.07) is 0. The standard InChI is InChI=1S/C12H20N2O5/c1-11(2,3)18-10(17)13-12-6-4-5-7-14(12,19-12)8-9(15)16/h4-8H2,1-3H3,(H-,13,15,16,17)/p+1. The van der Waals surface area contributed by atoms with Gasteiger partial charge >= 0.3 is 17.9 Å². The zero-order valence-electron chi connectivity index (χ0n) is 11.6. The van der Waals surface area contributed by atoms with E-state index < -0.39 is 23.5 Å². The van der Waals surface area contributed by atoms with Gasteiger partial charge in [0.05, 0.1) is 6.42 Å². The van der Waals surface area contributed by atoms with Gasteiger partial charge in [-0.1, -0.05) is 0 Å². The van der Waals surface area contributed by atoms with Gasteiger partial charge in [0.15, 0.2) is 0 Å². The van der Waals surface area contributed by atoms with Crippen molar-refractivity contribution in [3.05, 3.63) is 0 Å². The molecule has 0 spiro atoms. The van der Waals surface area contributed by atoms with E-state index in [1.54, 1.807) is 20.8 Å². The molecule has 0 aliphatic carbocycles. The molecule has 7 heteroatoms. The van der Waals surface area contributed by atoms with Gasteiger partial charge in [-0.25, -0.2) is 14.9 Å². The first-order valence-corrected chi connectivity index (χ1v) is 6.49. The van der Waals surface area contributed by atoms with E-state index in [4.69, 9.17) is 14.7 Å². The Kier molecular flexibility index (Phi) is 3.22. The van der Waals surface area contributed by atoms with Crippen LogP contribution in [0.5, 0.6) is 0 Å². The van der Waals surface area contributed by atoms with Crippen molar-refractivity contribution >= 4 is 12.1 Å². The van der Waals surface area contributed by atoms with Crippen LogP contribution in [0.25, 0.3) is 0 Å². The minimum absolute atomic E-state index is 0.0262. The van der Waals surface area contributed by atoms with Crippen molar-refractivity contribution in [2.75, 3.05) is 13.1 Å². The lowest BCUT2D eigenvalue weighted by Gasteiger charge is -2.24. The van der Waals surface area contributed by atoms with Gasteiger partial charge in [0, 0.05) is 6.42 Å². The maximum Gasteiger partial charge on any atom is 0.414 e. The van der Waals surface area contributed by atoms with E-state index in [2.05, 4.69) is 5.32 Å². The van der Waals surface area contributed by atoms with Crippen LogP contribution in [0.1, 0.15) is 40.0 Å². The van der Waals surface area contributed by atoms with Crippen LogP contribution in [0.4, 0.5) is 4.79 Å². The van der Waals surface area contributed by atoms with E-state index >= 15 is 0 Å². The lowest BCUT2D eigenvalue weighted by Crippen LogP contribution is -2.53. The van der Waals surface area contributed by atoms with Crippen molar-refractivity contribution < 1.29 is 28.9 Å². The molecule has 19 heavy (non-hydrogen) atoms. The largest absolute Gasteiger partial charge is 0.477 e. The number of rotatable bonds is 3. The van der Waals surface area contributed by atoms with Crippen molar-refractivity contribution in [2.45, 2.75) is 51.5 Å². The third-order valence-electron chi connectivity index (χ3n) is 3.32. The maximum absolute atomic E-state index is 11.8. The van der Waals surface area contributed by atoms with E-state index in [1.165, 1.54) is 0 Å². The van der Waals surface area contributed by atoms with Gasteiger partial charge in [0.2, 0.25) is 6.54 Å². The Bertz CT molecular complexity index is 405. The van der Waals surface area contributed by atoms with Gasteiger partial charge in [0.1, 0.15) is 12.1 Å². The van der Waals surface area contributed by atoms with Crippen LogP contribution >= 0.6 is 0 Å². The van der Waals surface area contributed by atoms with Gasteiger partial charge in [-0.3, -0.25) is 0 Å². The van der Waals surface area contributed by atoms with Gasteiger partial charge < -0.3 is 9.84 Å². The molecule has 0 bridgehead atoms. The zero-order valence-corrected chi connectivity index (χ0v) is 11.6. The number of aliphatic carboxylic acids is 1. The number of hydrogen-bond donors (Lipinski definition) is 2. The van der Waals surface area contributed by atoms with E-state index in [0.717, 1.165) is 12.8 Å². The van der Waals surface area contributed by atoms with E-state index in [9.17, 15) is 9.59 Å². The first kappa shape index (κ1) is 14.1. The van der Waals surface area contributed by atoms with Crippen molar-refractivity contribution in [3.63, 3.8) is 0 Å². The number of nitrogens with one attached hydrogen (secondary N) is 1. The molecule has 2 atom stereocenters. The molecule has 2 fully saturated rings. The minimum Gasteiger partial charge on any atom is -0.477 e. The summed E-state index contributed by atoms with van der Waals surface area (Å²) in [4.78, 5) is 28.3. The Morgan fingerprint density at radius 1 is 1.42 bits per heavy atom. The number of amides is 1. The van der Waals surface area contributed by atoms with E-state index in [1.807, 2.05) is 0 Å². The minimum atomic E-state index is -0.935. The Hall–Kier alpha value is -1.34. The number of alkyl carbamates (subject to hydrolysis) is 1. The number of carboxylic acids is 1. The predicted molar refractivity (Wildman–Crippen MR) is 64.7 cm³/mol. The number of hydrogen-bond acceptors (Lipinski definition) is 4. The number of nitrogens with zero attached hydrogens (tertiary/aromatic N) is 1. The topological polar surface area (TPSA) is 88.2 Å². The lowest BCUT2D eigenvalue weighted by molar-refractivity contribution is -0.927. The van der Waals surface area contributed by atoms with E-state index in [-0.39, 0.29) is 11.2 Å². The highest BCUT2D eigenvalue weighted by atomic mass is 16.9. The number of fused-ring (bicyclic) bond motifs is 1. The molecule has 2 rings (SSSR count). The fraction of sp³-hybridized carbons (Fsp3) is 0.833. The highest BCUT2D eigenvalue weighted by molar-refractivity contribution is 5.69. The summed E-state index contributed by atoms with van der Waals surface area (Å²) >= 11 is 0. The quantitative estimate of drug-likeness (QED) is 0.596. The summed E-state index contributed by atoms with van der Waals surface area (Å²) in [5, 5.41) is 11.7. The molecule has 0 aromatic rings.